The predicted octanol–water partition coefficient (Wildman–Crippen LogP) is 2.78. The average molecular weight is 489 g/mol. The number of amides is 3. The van der Waals surface area contributed by atoms with Gasteiger partial charge in [0.1, 0.15) is 10.6 Å². The number of benzene rings is 2. The molecule has 1 heterocycles. The van der Waals surface area contributed by atoms with Crippen molar-refractivity contribution in [2.24, 2.45) is 0 Å². The number of hydrogen-bond acceptors (Lipinski definition) is 7. The van der Waals surface area contributed by atoms with E-state index >= 15 is 0 Å². The third-order valence-electron chi connectivity index (χ3n) is 4.75. The van der Waals surface area contributed by atoms with Crippen LogP contribution in [-0.4, -0.2) is 49.2 Å². The van der Waals surface area contributed by atoms with Crippen molar-refractivity contribution < 1.29 is 22.7 Å². The molecule has 0 saturated carbocycles. The van der Waals surface area contributed by atoms with Crippen LogP contribution in [0.1, 0.15) is 22.8 Å². The number of fused-ring (bicyclic) bond motifs is 1. The van der Waals surface area contributed by atoms with Gasteiger partial charge in [0.15, 0.2) is 0 Å². The van der Waals surface area contributed by atoms with E-state index in [2.05, 4.69) is 28.4 Å². The lowest BCUT2D eigenvalue weighted by atomic mass is 10.1. The Bertz CT molecular complexity index is 1280. The molecular formula is C22H24N4O5S2. The summed E-state index contributed by atoms with van der Waals surface area (Å²) in [4.78, 5) is 28.4. The number of nitrogens with one attached hydrogen (secondary N) is 2. The average Bonchev–Trinajstić information content (AvgIpc) is 2.83. The van der Waals surface area contributed by atoms with E-state index in [-0.39, 0.29) is 29.7 Å². The van der Waals surface area contributed by atoms with Gasteiger partial charge >= 0.3 is 6.03 Å². The highest BCUT2D eigenvalue weighted by Gasteiger charge is 2.29. The molecule has 33 heavy (non-hydrogen) atoms. The van der Waals surface area contributed by atoms with Crippen LogP contribution in [0.5, 0.6) is 5.75 Å². The van der Waals surface area contributed by atoms with Crippen molar-refractivity contribution in [2.45, 2.75) is 18.2 Å². The summed E-state index contributed by atoms with van der Waals surface area (Å²) in [6, 6.07) is 13.0. The lowest BCUT2D eigenvalue weighted by molar-refractivity contribution is 0.0954. The van der Waals surface area contributed by atoms with Crippen molar-refractivity contribution in [3.05, 3.63) is 65.9 Å². The van der Waals surface area contributed by atoms with Crippen LogP contribution in [0.15, 0.2) is 59.6 Å². The smallest absolute Gasteiger partial charge is 0.341 e. The molecule has 3 aromatic rings. The standard InChI is InChI=1S/C22H24N4O5S2/c1-3-31-19-9-8-15(12-20(19)33(29,30)26(32)22(28)23-2)10-11-24-21(27)17-13-16-6-4-5-7-18(16)25-14-17/h4-9,12-14,32H,3,10-11H2,1-2H3,(H,23,28)(H,24,27). The summed E-state index contributed by atoms with van der Waals surface area (Å²) >= 11 is 3.82. The minimum atomic E-state index is -4.27. The minimum Gasteiger partial charge on any atom is -0.492 e. The number of nitrogens with zero attached hydrogens (tertiary/aromatic N) is 2. The molecule has 0 aliphatic heterocycles. The monoisotopic (exact) mass is 488 g/mol. The predicted molar refractivity (Wildman–Crippen MR) is 128 cm³/mol. The number of carbonyl (C=O) groups excluding carboxylic acids is 2. The van der Waals surface area contributed by atoms with E-state index in [1.54, 1.807) is 19.1 Å². The first-order valence-electron chi connectivity index (χ1n) is 10.1. The van der Waals surface area contributed by atoms with Crippen LogP contribution in [0.3, 0.4) is 0 Å². The number of aromatic nitrogens is 1. The van der Waals surface area contributed by atoms with Gasteiger partial charge < -0.3 is 15.4 Å². The lowest BCUT2D eigenvalue weighted by Gasteiger charge is -2.18. The van der Waals surface area contributed by atoms with Gasteiger partial charge in [-0.1, -0.05) is 24.3 Å². The van der Waals surface area contributed by atoms with Crippen LogP contribution in [0.4, 0.5) is 4.79 Å². The fourth-order valence-corrected chi connectivity index (χ4v) is 4.64. The molecule has 0 aliphatic carbocycles. The Hall–Kier alpha value is -3.31. The van der Waals surface area contributed by atoms with Gasteiger partial charge in [0.25, 0.3) is 15.9 Å². The Balaban J connectivity index is 1.74. The van der Waals surface area contributed by atoms with E-state index in [9.17, 15) is 18.0 Å². The fourth-order valence-electron chi connectivity index (χ4n) is 3.10. The number of carbonyl (C=O) groups is 2. The largest absolute Gasteiger partial charge is 0.492 e. The summed E-state index contributed by atoms with van der Waals surface area (Å²) in [7, 11) is -2.97. The highest BCUT2D eigenvalue weighted by molar-refractivity contribution is 8.00. The molecule has 3 rings (SSSR count). The SMILES string of the molecule is CCOc1ccc(CCNC(=O)c2cnc3ccccc3c2)cc1S(=O)(=O)N(S)C(=O)NC. The third-order valence-corrected chi connectivity index (χ3v) is 7.08. The molecular weight excluding hydrogens is 464 g/mol. The lowest BCUT2D eigenvalue weighted by Crippen LogP contribution is -2.36. The van der Waals surface area contributed by atoms with Gasteiger partial charge in [-0.15, -0.1) is 0 Å². The van der Waals surface area contributed by atoms with Crippen LogP contribution in [-0.2, 0) is 16.4 Å². The van der Waals surface area contributed by atoms with Crippen molar-refractivity contribution in [3.63, 3.8) is 0 Å². The van der Waals surface area contributed by atoms with Crippen molar-refractivity contribution >= 4 is 45.7 Å². The van der Waals surface area contributed by atoms with Crippen molar-refractivity contribution in [3.8, 4) is 5.75 Å². The maximum Gasteiger partial charge on any atom is 0.341 e. The van der Waals surface area contributed by atoms with Crippen molar-refractivity contribution in [1.82, 2.24) is 19.3 Å². The zero-order valence-electron chi connectivity index (χ0n) is 18.1. The zero-order valence-corrected chi connectivity index (χ0v) is 19.8. The van der Waals surface area contributed by atoms with Crippen molar-refractivity contribution in [2.75, 3.05) is 20.2 Å². The van der Waals surface area contributed by atoms with E-state index in [1.165, 1.54) is 25.4 Å². The Morgan fingerprint density at radius 3 is 2.64 bits per heavy atom. The van der Waals surface area contributed by atoms with Crippen LogP contribution < -0.4 is 15.4 Å². The van der Waals surface area contributed by atoms with Gasteiger partial charge in [-0.05, 0) is 56.0 Å². The zero-order chi connectivity index (χ0) is 24.0. The van der Waals surface area contributed by atoms with Gasteiger partial charge in [0.2, 0.25) is 0 Å². The van der Waals surface area contributed by atoms with Gasteiger partial charge in [-0.25, -0.2) is 4.79 Å². The fraction of sp³-hybridized carbons (Fsp3) is 0.227. The molecule has 0 atom stereocenters. The van der Waals surface area contributed by atoms with E-state index in [0.717, 1.165) is 10.9 Å². The van der Waals surface area contributed by atoms with E-state index < -0.39 is 16.1 Å². The van der Waals surface area contributed by atoms with Gasteiger partial charge in [-0.3, -0.25) is 9.78 Å². The number of rotatable bonds is 8. The molecule has 0 spiro atoms. The Labute approximate surface area is 197 Å². The first-order chi connectivity index (χ1) is 15.8. The normalized spacial score (nSPS) is 11.1. The Kier molecular flexibility index (Phi) is 7.77. The highest BCUT2D eigenvalue weighted by atomic mass is 32.3. The summed E-state index contributed by atoms with van der Waals surface area (Å²) in [5, 5.41) is 5.89. The number of pyridine rings is 1. The minimum absolute atomic E-state index is 0.107. The second kappa shape index (κ2) is 10.5. The molecule has 2 aromatic carbocycles. The van der Waals surface area contributed by atoms with Crippen molar-refractivity contribution in [1.29, 1.82) is 0 Å². The molecule has 0 radical (unpaired) electrons. The number of ether oxygens (including phenoxy) is 1. The van der Waals surface area contributed by atoms with Crippen LogP contribution in [0.2, 0.25) is 0 Å². The molecule has 9 nitrogen and oxygen atoms in total. The summed E-state index contributed by atoms with van der Waals surface area (Å²) in [5.74, 6) is -0.177. The van der Waals surface area contributed by atoms with Gasteiger partial charge in [0.05, 0.1) is 17.7 Å². The van der Waals surface area contributed by atoms with Gasteiger partial charge in [-0.2, -0.15) is 12.1 Å². The van der Waals surface area contributed by atoms with Crippen LogP contribution >= 0.6 is 12.8 Å². The summed E-state index contributed by atoms with van der Waals surface area (Å²) in [5.41, 5.74) is 1.86. The van der Waals surface area contributed by atoms with Crippen LogP contribution in [0, 0.1) is 0 Å². The highest BCUT2D eigenvalue weighted by Crippen LogP contribution is 2.29. The Morgan fingerprint density at radius 2 is 1.91 bits per heavy atom. The molecule has 0 aliphatic rings. The third kappa shape index (κ3) is 5.55. The first-order valence-corrected chi connectivity index (χ1v) is 12.0. The van der Waals surface area contributed by atoms with E-state index in [4.69, 9.17) is 4.74 Å². The molecule has 0 fully saturated rings. The first kappa shape index (κ1) is 24.3. The Morgan fingerprint density at radius 1 is 1.15 bits per heavy atom. The molecule has 174 valence electrons. The van der Waals surface area contributed by atoms with Crippen LogP contribution in [0.25, 0.3) is 10.9 Å². The molecule has 1 aromatic heterocycles. The second-order valence-electron chi connectivity index (χ2n) is 6.94. The topological polar surface area (TPSA) is 118 Å². The summed E-state index contributed by atoms with van der Waals surface area (Å²) in [6.07, 6.45) is 1.87. The molecule has 11 heteroatoms. The maximum absolute atomic E-state index is 12.9. The molecule has 0 bridgehead atoms. The van der Waals surface area contributed by atoms with E-state index in [1.807, 2.05) is 24.3 Å². The number of urea groups is 1. The van der Waals surface area contributed by atoms with E-state index in [0.29, 0.717) is 21.3 Å². The summed E-state index contributed by atoms with van der Waals surface area (Å²) < 4.78 is 31.5. The number of para-hydroxylation sites is 1. The second-order valence-corrected chi connectivity index (χ2v) is 9.37. The summed E-state index contributed by atoms with van der Waals surface area (Å²) in [6.45, 7) is 2.22. The molecule has 3 amide bonds. The number of thiol groups is 1. The number of hydrogen-bond donors (Lipinski definition) is 3. The molecule has 0 unspecified atom stereocenters. The van der Waals surface area contributed by atoms with Gasteiger partial charge in [0, 0.05) is 25.2 Å². The molecule has 0 saturated heterocycles. The maximum atomic E-state index is 12.9. The molecule has 2 N–H and O–H groups in total. The quantitative estimate of drug-likeness (QED) is 0.420. The number of sulfonamides is 1.